The number of rotatable bonds is 6. The second-order valence-corrected chi connectivity index (χ2v) is 5.74. The van der Waals surface area contributed by atoms with E-state index < -0.39 is 0 Å². The van der Waals surface area contributed by atoms with Crippen molar-refractivity contribution >= 4 is 0 Å². The number of hydrogen-bond acceptors (Lipinski definition) is 3. The molecule has 0 spiro atoms. The standard InChI is InChI=1S/C16H24N2O/c1-2-6-16(7-3-1)19-12-11-18-10-4-5-15(13-18)17-14-8-9-14/h1-3,6-7,14-15,17H,4-5,8-13H2. The molecule has 1 aliphatic heterocycles. The van der Waals surface area contributed by atoms with Crippen LogP contribution >= 0.6 is 0 Å². The van der Waals surface area contributed by atoms with Gasteiger partial charge in [-0.1, -0.05) is 18.2 Å². The van der Waals surface area contributed by atoms with Crippen molar-refractivity contribution < 1.29 is 4.74 Å². The summed E-state index contributed by atoms with van der Waals surface area (Å²) in [6.45, 7) is 4.24. The predicted molar refractivity (Wildman–Crippen MR) is 77.6 cm³/mol. The lowest BCUT2D eigenvalue weighted by atomic mass is 10.1. The van der Waals surface area contributed by atoms with Gasteiger partial charge in [-0.3, -0.25) is 4.90 Å². The quantitative estimate of drug-likeness (QED) is 0.849. The van der Waals surface area contributed by atoms with Gasteiger partial charge in [-0.2, -0.15) is 0 Å². The van der Waals surface area contributed by atoms with Gasteiger partial charge in [0.15, 0.2) is 0 Å². The highest BCUT2D eigenvalue weighted by Crippen LogP contribution is 2.21. The molecular weight excluding hydrogens is 236 g/mol. The third-order valence-corrected chi connectivity index (χ3v) is 3.97. The molecule has 2 fully saturated rings. The molecule has 1 saturated heterocycles. The highest BCUT2D eigenvalue weighted by atomic mass is 16.5. The number of piperidine rings is 1. The normalized spacial score (nSPS) is 24.3. The molecule has 104 valence electrons. The molecule has 3 rings (SSSR count). The van der Waals surface area contributed by atoms with Crippen LogP contribution in [0, 0.1) is 0 Å². The van der Waals surface area contributed by atoms with Crippen molar-refractivity contribution in [1.82, 2.24) is 10.2 Å². The average molecular weight is 260 g/mol. The molecule has 2 aliphatic rings. The lowest BCUT2D eigenvalue weighted by Gasteiger charge is -2.33. The van der Waals surface area contributed by atoms with Crippen LogP contribution in [-0.2, 0) is 0 Å². The summed E-state index contributed by atoms with van der Waals surface area (Å²) in [6, 6.07) is 11.6. The van der Waals surface area contributed by atoms with Crippen LogP contribution in [0.2, 0.25) is 0 Å². The van der Waals surface area contributed by atoms with Crippen LogP contribution in [-0.4, -0.2) is 43.2 Å². The van der Waals surface area contributed by atoms with Crippen molar-refractivity contribution in [2.24, 2.45) is 0 Å². The Morgan fingerprint density at radius 2 is 1.95 bits per heavy atom. The Labute approximate surface area is 115 Å². The number of hydrogen-bond donors (Lipinski definition) is 1. The third-order valence-electron chi connectivity index (χ3n) is 3.97. The van der Waals surface area contributed by atoms with Crippen molar-refractivity contribution in [3.63, 3.8) is 0 Å². The fourth-order valence-electron chi connectivity index (χ4n) is 2.79. The predicted octanol–water partition coefficient (Wildman–Crippen LogP) is 2.28. The van der Waals surface area contributed by atoms with E-state index in [-0.39, 0.29) is 0 Å². The van der Waals surface area contributed by atoms with Crippen molar-refractivity contribution in [2.45, 2.75) is 37.8 Å². The molecular formula is C16H24N2O. The van der Waals surface area contributed by atoms with Crippen molar-refractivity contribution in [3.05, 3.63) is 30.3 Å². The fraction of sp³-hybridized carbons (Fsp3) is 0.625. The van der Waals surface area contributed by atoms with E-state index in [1.165, 1.54) is 38.8 Å². The maximum absolute atomic E-state index is 5.78. The number of para-hydroxylation sites is 1. The minimum absolute atomic E-state index is 0.706. The molecule has 1 N–H and O–H groups in total. The summed E-state index contributed by atoms with van der Waals surface area (Å²) in [7, 11) is 0. The number of nitrogens with one attached hydrogen (secondary N) is 1. The van der Waals surface area contributed by atoms with Crippen LogP contribution in [0.3, 0.4) is 0 Å². The van der Waals surface area contributed by atoms with Gasteiger partial charge in [-0.25, -0.2) is 0 Å². The lowest BCUT2D eigenvalue weighted by molar-refractivity contribution is 0.158. The van der Waals surface area contributed by atoms with Crippen LogP contribution in [0.1, 0.15) is 25.7 Å². The number of nitrogens with zero attached hydrogens (tertiary/aromatic N) is 1. The fourth-order valence-corrected chi connectivity index (χ4v) is 2.79. The van der Waals surface area contributed by atoms with Crippen LogP contribution < -0.4 is 10.1 Å². The minimum Gasteiger partial charge on any atom is -0.492 e. The van der Waals surface area contributed by atoms with Gasteiger partial charge in [0.25, 0.3) is 0 Å². The van der Waals surface area contributed by atoms with E-state index in [1.54, 1.807) is 0 Å². The van der Waals surface area contributed by atoms with Gasteiger partial charge in [0.1, 0.15) is 12.4 Å². The Hall–Kier alpha value is -1.06. The summed E-state index contributed by atoms with van der Waals surface area (Å²) in [6.07, 6.45) is 5.42. The zero-order valence-electron chi connectivity index (χ0n) is 11.6. The molecule has 1 unspecified atom stereocenters. The first kappa shape index (κ1) is 12.9. The summed E-state index contributed by atoms with van der Waals surface area (Å²) in [5, 5.41) is 3.75. The molecule has 0 aromatic heterocycles. The molecule has 1 atom stereocenters. The molecule has 3 heteroatoms. The zero-order valence-corrected chi connectivity index (χ0v) is 11.6. The third kappa shape index (κ3) is 4.22. The number of ether oxygens (including phenoxy) is 1. The van der Waals surface area contributed by atoms with Gasteiger partial charge in [0.2, 0.25) is 0 Å². The van der Waals surface area contributed by atoms with Gasteiger partial charge in [-0.15, -0.1) is 0 Å². The first-order valence-electron chi connectivity index (χ1n) is 7.56. The second kappa shape index (κ2) is 6.40. The highest BCUT2D eigenvalue weighted by molar-refractivity contribution is 5.20. The maximum atomic E-state index is 5.78. The van der Waals surface area contributed by atoms with E-state index in [4.69, 9.17) is 4.74 Å². The van der Waals surface area contributed by atoms with E-state index in [0.717, 1.165) is 24.9 Å². The van der Waals surface area contributed by atoms with Crippen LogP contribution in [0.25, 0.3) is 0 Å². The smallest absolute Gasteiger partial charge is 0.119 e. The molecule has 19 heavy (non-hydrogen) atoms. The number of likely N-dealkylation sites (tertiary alicyclic amines) is 1. The van der Waals surface area contributed by atoms with Gasteiger partial charge < -0.3 is 10.1 Å². The Kier molecular flexibility index (Phi) is 4.36. The first-order valence-corrected chi connectivity index (χ1v) is 7.56. The maximum Gasteiger partial charge on any atom is 0.119 e. The highest BCUT2D eigenvalue weighted by Gasteiger charge is 2.27. The monoisotopic (exact) mass is 260 g/mol. The van der Waals surface area contributed by atoms with Crippen LogP contribution in [0.4, 0.5) is 0 Å². The summed E-state index contributed by atoms with van der Waals surface area (Å²) >= 11 is 0. The first-order chi connectivity index (χ1) is 9.40. The van der Waals surface area contributed by atoms with E-state index in [2.05, 4.69) is 10.2 Å². The average Bonchev–Trinajstić information content (AvgIpc) is 3.24. The van der Waals surface area contributed by atoms with Crippen LogP contribution in [0.15, 0.2) is 30.3 Å². The van der Waals surface area contributed by atoms with E-state index in [9.17, 15) is 0 Å². The second-order valence-electron chi connectivity index (χ2n) is 5.74. The van der Waals surface area contributed by atoms with E-state index >= 15 is 0 Å². The van der Waals surface area contributed by atoms with Crippen LogP contribution in [0.5, 0.6) is 5.75 Å². The Morgan fingerprint density at radius 3 is 2.74 bits per heavy atom. The Balaban J connectivity index is 1.37. The summed E-state index contributed by atoms with van der Waals surface area (Å²) < 4.78 is 5.78. The van der Waals surface area contributed by atoms with Crippen molar-refractivity contribution in [1.29, 1.82) is 0 Å². The summed E-state index contributed by atoms with van der Waals surface area (Å²) in [5.74, 6) is 0.979. The molecule has 1 heterocycles. The van der Waals surface area contributed by atoms with Gasteiger partial charge in [0.05, 0.1) is 0 Å². The minimum atomic E-state index is 0.706. The Bertz CT molecular complexity index is 378. The lowest BCUT2D eigenvalue weighted by Crippen LogP contribution is -2.47. The molecule has 1 saturated carbocycles. The van der Waals surface area contributed by atoms with Gasteiger partial charge in [-0.05, 0) is 44.4 Å². The molecule has 3 nitrogen and oxygen atoms in total. The molecule has 0 amide bonds. The Morgan fingerprint density at radius 1 is 1.11 bits per heavy atom. The topological polar surface area (TPSA) is 24.5 Å². The van der Waals surface area contributed by atoms with Gasteiger partial charge >= 0.3 is 0 Å². The molecule has 1 aromatic rings. The summed E-state index contributed by atoms with van der Waals surface area (Å²) in [5.41, 5.74) is 0. The van der Waals surface area contributed by atoms with Gasteiger partial charge in [0, 0.05) is 25.2 Å². The molecule has 1 aromatic carbocycles. The van der Waals surface area contributed by atoms with Crippen molar-refractivity contribution in [3.8, 4) is 5.75 Å². The van der Waals surface area contributed by atoms with E-state index in [0.29, 0.717) is 6.04 Å². The SMILES string of the molecule is c1ccc(OCCN2CCCC(NC3CC3)C2)cc1. The van der Waals surface area contributed by atoms with E-state index in [1.807, 2.05) is 30.3 Å². The molecule has 0 radical (unpaired) electrons. The zero-order chi connectivity index (χ0) is 12.9. The molecule has 1 aliphatic carbocycles. The molecule has 0 bridgehead atoms. The number of benzene rings is 1. The largest absolute Gasteiger partial charge is 0.492 e. The summed E-state index contributed by atoms with van der Waals surface area (Å²) in [4.78, 5) is 2.53. The van der Waals surface area contributed by atoms with Crippen molar-refractivity contribution in [2.75, 3.05) is 26.2 Å².